The molecule has 0 aliphatic carbocycles. The van der Waals surface area contributed by atoms with E-state index < -0.39 is 5.97 Å². The van der Waals surface area contributed by atoms with Crippen molar-refractivity contribution in [2.75, 3.05) is 11.9 Å². The number of carboxylic acids is 1. The molecule has 0 fully saturated rings. The fourth-order valence-corrected chi connectivity index (χ4v) is 0.906. The third-order valence-corrected chi connectivity index (χ3v) is 1.61. The highest BCUT2D eigenvalue weighted by Gasteiger charge is 1.95. The molecule has 0 radical (unpaired) electrons. The number of rotatable bonds is 3. The molecule has 1 rings (SSSR count). The Bertz CT molecular complexity index is 271. The summed E-state index contributed by atoms with van der Waals surface area (Å²) in [4.78, 5) is 11.0. The zero-order chi connectivity index (χ0) is 8.97. The van der Waals surface area contributed by atoms with E-state index in [1.807, 2.05) is 0 Å². The van der Waals surface area contributed by atoms with E-state index in [1.165, 1.54) is 0 Å². The molecule has 0 spiro atoms. The van der Waals surface area contributed by atoms with Crippen molar-refractivity contribution < 1.29 is 9.90 Å². The minimum absolute atomic E-state index is 0.0636. The molecular weight excluding hydrogens is 174 g/mol. The summed E-state index contributed by atoms with van der Waals surface area (Å²) in [7, 11) is 0. The summed E-state index contributed by atoms with van der Waals surface area (Å²) in [5.74, 6) is -0.870. The molecule has 2 N–H and O–H groups in total. The Hall–Kier alpha value is -1.16. The van der Waals surface area contributed by atoms with Crippen LogP contribution < -0.4 is 5.32 Å². The second-order valence-corrected chi connectivity index (χ2v) is 2.81. The molecule has 0 saturated carbocycles. The highest BCUT2D eigenvalue weighted by atomic mass is 32.1. The predicted molar refractivity (Wildman–Crippen MR) is 49.8 cm³/mol. The van der Waals surface area contributed by atoms with E-state index in [4.69, 9.17) is 5.11 Å². The van der Waals surface area contributed by atoms with Gasteiger partial charge in [-0.1, -0.05) is 0 Å². The van der Waals surface area contributed by atoms with Crippen LogP contribution in [0.4, 0.5) is 5.69 Å². The SMILES string of the molecule is O=C(O)CNc1ccc(S)cc1. The molecule has 12 heavy (non-hydrogen) atoms. The van der Waals surface area contributed by atoms with Crippen LogP contribution >= 0.6 is 12.6 Å². The predicted octanol–water partition coefficient (Wildman–Crippen LogP) is 1.47. The van der Waals surface area contributed by atoms with Crippen molar-refractivity contribution in [2.45, 2.75) is 4.90 Å². The van der Waals surface area contributed by atoms with Crippen molar-refractivity contribution in [2.24, 2.45) is 0 Å². The first-order chi connectivity index (χ1) is 5.68. The van der Waals surface area contributed by atoms with Gasteiger partial charge in [-0.3, -0.25) is 4.79 Å². The molecule has 0 amide bonds. The van der Waals surface area contributed by atoms with Crippen LogP contribution in [0.25, 0.3) is 0 Å². The Morgan fingerprint density at radius 3 is 2.50 bits per heavy atom. The van der Waals surface area contributed by atoms with E-state index >= 15 is 0 Å². The highest BCUT2D eigenvalue weighted by Crippen LogP contribution is 2.11. The van der Waals surface area contributed by atoms with Crippen LogP contribution in [0, 0.1) is 0 Å². The lowest BCUT2D eigenvalue weighted by Crippen LogP contribution is -2.11. The first-order valence-electron chi connectivity index (χ1n) is 3.43. The molecule has 0 aliphatic rings. The third kappa shape index (κ3) is 2.84. The highest BCUT2D eigenvalue weighted by molar-refractivity contribution is 7.80. The second kappa shape index (κ2) is 4.01. The molecule has 1 aromatic carbocycles. The summed E-state index contributed by atoms with van der Waals surface area (Å²) in [5.41, 5.74) is 0.787. The lowest BCUT2D eigenvalue weighted by atomic mass is 10.3. The quantitative estimate of drug-likeness (QED) is 0.622. The van der Waals surface area contributed by atoms with Gasteiger partial charge in [0.15, 0.2) is 0 Å². The summed E-state index contributed by atoms with van der Waals surface area (Å²) in [6.45, 7) is -0.0636. The van der Waals surface area contributed by atoms with E-state index in [9.17, 15) is 4.79 Å². The molecule has 4 heteroatoms. The van der Waals surface area contributed by atoms with E-state index in [0.717, 1.165) is 10.6 Å². The van der Waals surface area contributed by atoms with E-state index in [1.54, 1.807) is 24.3 Å². The van der Waals surface area contributed by atoms with Gasteiger partial charge in [0.2, 0.25) is 0 Å². The topological polar surface area (TPSA) is 49.3 Å². The van der Waals surface area contributed by atoms with Crippen molar-refractivity contribution in [1.29, 1.82) is 0 Å². The number of aliphatic carboxylic acids is 1. The fourth-order valence-electron chi connectivity index (χ4n) is 0.757. The monoisotopic (exact) mass is 183 g/mol. The van der Waals surface area contributed by atoms with Crippen molar-refractivity contribution >= 4 is 24.3 Å². The number of anilines is 1. The summed E-state index contributed by atoms with van der Waals surface area (Å²) >= 11 is 4.10. The number of hydrogen-bond donors (Lipinski definition) is 3. The molecule has 0 unspecified atom stereocenters. The van der Waals surface area contributed by atoms with E-state index in [2.05, 4.69) is 17.9 Å². The van der Waals surface area contributed by atoms with Crippen LogP contribution in [-0.4, -0.2) is 17.6 Å². The largest absolute Gasteiger partial charge is 0.480 e. The lowest BCUT2D eigenvalue weighted by molar-refractivity contribution is -0.134. The summed E-state index contributed by atoms with van der Waals surface area (Å²) < 4.78 is 0. The van der Waals surface area contributed by atoms with Gasteiger partial charge in [-0.15, -0.1) is 12.6 Å². The van der Waals surface area contributed by atoms with Gasteiger partial charge in [-0.25, -0.2) is 0 Å². The van der Waals surface area contributed by atoms with Gasteiger partial charge in [0, 0.05) is 10.6 Å². The number of hydrogen-bond acceptors (Lipinski definition) is 3. The van der Waals surface area contributed by atoms with Crippen molar-refractivity contribution in [3.63, 3.8) is 0 Å². The molecule has 64 valence electrons. The molecule has 0 saturated heterocycles. The maximum absolute atomic E-state index is 10.2. The summed E-state index contributed by atoms with van der Waals surface area (Å²) in [6, 6.07) is 7.16. The first kappa shape index (κ1) is 8.93. The number of carbonyl (C=O) groups is 1. The van der Waals surface area contributed by atoms with Gasteiger partial charge >= 0.3 is 5.97 Å². The van der Waals surface area contributed by atoms with Gasteiger partial charge < -0.3 is 10.4 Å². The summed E-state index contributed by atoms with van der Waals surface area (Å²) in [5, 5.41) is 11.1. The fraction of sp³-hybridized carbons (Fsp3) is 0.125. The Morgan fingerprint density at radius 2 is 2.00 bits per heavy atom. The normalized spacial score (nSPS) is 9.42. The van der Waals surface area contributed by atoms with Crippen LogP contribution in [0.2, 0.25) is 0 Å². The van der Waals surface area contributed by atoms with Crippen LogP contribution in [-0.2, 0) is 4.79 Å². The van der Waals surface area contributed by atoms with E-state index in [0.29, 0.717) is 0 Å². The lowest BCUT2D eigenvalue weighted by Gasteiger charge is -2.02. The van der Waals surface area contributed by atoms with Gasteiger partial charge in [-0.05, 0) is 24.3 Å². The molecule has 0 heterocycles. The maximum atomic E-state index is 10.2. The third-order valence-electron chi connectivity index (χ3n) is 1.31. The zero-order valence-corrected chi connectivity index (χ0v) is 7.21. The molecular formula is C8H9NO2S. The van der Waals surface area contributed by atoms with Gasteiger partial charge in [0.1, 0.15) is 6.54 Å². The Kier molecular flexibility index (Phi) is 2.99. The summed E-state index contributed by atoms with van der Waals surface area (Å²) in [6.07, 6.45) is 0. The van der Waals surface area contributed by atoms with Crippen molar-refractivity contribution in [3.8, 4) is 0 Å². The number of thiol groups is 1. The first-order valence-corrected chi connectivity index (χ1v) is 3.88. The molecule has 1 aromatic rings. The van der Waals surface area contributed by atoms with E-state index in [-0.39, 0.29) is 6.54 Å². The van der Waals surface area contributed by atoms with Gasteiger partial charge in [-0.2, -0.15) is 0 Å². The molecule has 0 aliphatic heterocycles. The molecule has 0 atom stereocenters. The average molecular weight is 183 g/mol. The van der Waals surface area contributed by atoms with Crippen LogP contribution in [0.15, 0.2) is 29.2 Å². The smallest absolute Gasteiger partial charge is 0.322 e. The second-order valence-electron chi connectivity index (χ2n) is 2.29. The standard InChI is InChI=1S/C8H9NO2S/c10-8(11)5-9-6-1-3-7(12)4-2-6/h1-4,9,12H,5H2,(H,10,11). The van der Waals surface area contributed by atoms with Crippen LogP contribution in [0.1, 0.15) is 0 Å². The maximum Gasteiger partial charge on any atom is 0.322 e. The molecule has 3 nitrogen and oxygen atoms in total. The average Bonchev–Trinajstić information content (AvgIpc) is 2.03. The number of benzene rings is 1. The van der Waals surface area contributed by atoms with Crippen molar-refractivity contribution in [1.82, 2.24) is 0 Å². The molecule has 0 bridgehead atoms. The van der Waals surface area contributed by atoms with Crippen LogP contribution in [0.5, 0.6) is 0 Å². The van der Waals surface area contributed by atoms with Gasteiger partial charge in [0.05, 0.1) is 0 Å². The Labute approximate surface area is 75.8 Å². The van der Waals surface area contributed by atoms with Gasteiger partial charge in [0.25, 0.3) is 0 Å². The minimum Gasteiger partial charge on any atom is -0.480 e. The molecule has 0 aromatic heterocycles. The minimum atomic E-state index is -0.870. The van der Waals surface area contributed by atoms with Crippen molar-refractivity contribution in [3.05, 3.63) is 24.3 Å². The number of nitrogens with one attached hydrogen (secondary N) is 1. The van der Waals surface area contributed by atoms with Crippen LogP contribution in [0.3, 0.4) is 0 Å². The zero-order valence-electron chi connectivity index (χ0n) is 6.32. The number of carboxylic acid groups (broad SMARTS) is 1. The Balaban J connectivity index is 2.53. The Morgan fingerprint density at radius 1 is 1.42 bits per heavy atom.